The van der Waals surface area contributed by atoms with Gasteiger partial charge in [0.2, 0.25) is 0 Å². The first kappa shape index (κ1) is 12.1. The number of likely N-dealkylation sites (tertiary alicyclic amines) is 1. The van der Waals surface area contributed by atoms with Gasteiger partial charge in [0.15, 0.2) is 0 Å². The molecular weight excluding hydrogens is 254 g/mol. The van der Waals surface area contributed by atoms with Crippen molar-refractivity contribution in [2.75, 3.05) is 13.1 Å². The molecule has 0 radical (unpaired) electrons. The zero-order valence-electron chi connectivity index (χ0n) is 10.5. The molecule has 5 nitrogen and oxygen atoms in total. The average molecular weight is 268 g/mol. The van der Waals surface area contributed by atoms with Crippen LogP contribution in [0.15, 0.2) is 18.6 Å². The number of carbonyl (C=O) groups is 1. The van der Waals surface area contributed by atoms with Gasteiger partial charge < -0.3 is 9.47 Å². The van der Waals surface area contributed by atoms with E-state index < -0.39 is 5.92 Å². The number of imidazole rings is 1. The summed E-state index contributed by atoms with van der Waals surface area (Å²) in [5.41, 5.74) is 1.14. The molecular formula is C12H14F2N4O. The van der Waals surface area contributed by atoms with E-state index in [-0.39, 0.29) is 31.8 Å². The van der Waals surface area contributed by atoms with Crippen molar-refractivity contribution in [2.24, 2.45) is 7.05 Å². The minimum absolute atomic E-state index is 0.0909. The molecule has 2 aromatic heterocycles. The van der Waals surface area contributed by atoms with Gasteiger partial charge in [0, 0.05) is 45.4 Å². The van der Waals surface area contributed by atoms with Gasteiger partial charge in [0.1, 0.15) is 11.2 Å². The van der Waals surface area contributed by atoms with Crippen LogP contribution in [-0.2, 0) is 7.05 Å². The maximum atomic E-state index is 13.1. The normalized spacial score (nSPS) is 19.0. The summed E-state index contributed by atoms with van der Waals surface area (Å²) < 4.78 is 29.6. The van der Waals surface area contributed by atoms with Crippen LogP contribution in [0, 0.1) is 0 Å². The quantitative estimate of drug-likeness (QED) is 0.787. The molecule has 0 saturated carbocycles. The lowest BCUT2D eigenvalue weighted by Gasteiger charge is -2.31. The summed E-state index contributed by atoms with van der Waals surface area (Å²) in [4.78, 5) is 13.8. The molecule has 2 aromatic rings. The number of rotatable bonds is 1. The van der Waals surface area contributed by atoms with Crippen molar-refractivity contribution in [3.63, 3.8) is 0 Å². The fourth-order valence-corrected chi connectivity index (χ4v) is 2.41. The topological polar surface area (TPSA) is 42.5 Å². The molecule has 1 saturated heterocycles. The van der Waals surface area contributed by atoms with Crippen LogP contribution in [0.3, 0.4) is 0 Å². The fourth-order valence-electron chi connectivity index (χ4n) is 2.41. The molecule has 3 rings (SSSR count). The van der Waals surface area contributed by atoms with E-state index in [2.05, 4.69) is 5.10 Å². The number of aryl methyl sites for hydroxylation is 1. The number of hydrogen-bond acceptors (Lipinski definition) is 2. The fraction of sp³-hybridized carbons (Fsp3) is 0.500. The standard InChI is InChI=1S/C12H14F2N4O/c1-16-6-7-18-10(16)9(8-15-18)11(19)17-4-2-12(13,14)3-5-17/h6-8H,2-5H2,1H3. The zero-order chi connectivity index (χ0) is 13.6. The molecule has 1 fully saturated rings. The van der Waals surface area contributed by atoms with Crippen molar-refractivity contribution in [3.8, 4) is 0 Å². The molecule has 0 spiro atoms. The van der Waals surface area contributed by atoms with Crippen molar-refractivity contribution < 1.29 is 13.6 Å². The van der Waals surface area contributed by atoms with E-state index in [0.29, 0.717) is 11.2 Å². The number of hydrogen-bond donors (Lipinski definition) is 0. The molecule has 7 heteroatoms. The molecule has 1 aliphatic rings. The van der Waals surface area contributed by atoms with Crippen molar-refractivity contribution in [1.82, 2.24) is 19.1 Å². The lowest BCUT2D eigenvalue weighted by molar-refractivity contribution is -0.0494. The van der Waals surface area contributed by atoms with Gasteiger partial charge in [0.05, 0.1) is 6.20 Å². The van der Waals surface area contributed by atoms with Crippen molar-refractivity contribution in [2.45, 2.75) is 18.8 Å². The van der Waals surface area contributed by atoms with Gasteiger partial charge in [0.25, 0.3) is 11.8 Å². The van der Waals surface area contributed by atoms with Crippen LogP contribution in [0.25, 0.3) is 5.65 Å². The van der Waals surface area contributed by atoms with Gasteiger partial charge in [-0.25, -0.2) is 13.3 Å². The second-order valence-corrected chi connectivity index (χ2v) is 4.88. The zero-order valence-corrected chi connectivity index (χ0v) is 10.5. The second-order valence-electron chi connectivity index (χ2n) is 4.88. The number of halogens is 2. The smallest absolute Gasteiger partial charge is 0.259 e. The average Bonchev–Trinajstić information content (AvgIpc) is 2.92. The first-order valence-electron chi connectivity index (χ1n) is 6.14. The molecule has 0 atom stereocenters. The Balaban J connectivity index is 1.86. The highest BCUT2D eigenvalue weighted by Gasteiger charge is 2.36. The summed E-state index contributed by atoms with van der Waals surface area (Å²) >= 11 is 0. The van der Waals surface area contributed by atoms with Crippen molar-refractivity contribution in [3.05, 3.63) is 24.2 Å². The lowest BCUT2D eigenvalue weighted by atomic mass is 10.1. The Morgan fingerprint density at radius 1 is 1.32 bits per heavy atom. The van der Waals surface area contributed by atoms with Gasteiger partial charge in [-0.15, -0.1) is 0 Å². The highest BCUT2D eigenvalue weighted by molar-refractivity contribution is 5.99. The molecule has 0 unspecified atom stereocenters. The van der Waals surface area contributed by atoms with E-state index in [9.17, 15) is 13.6 Å². The molecule has 102 valence electrons. The SMILES string of the molecule is Cn1ccn2ncc(C(=O)N3CCC(F)(F)CC3)c12. The highest BCUT2D eigenvalue weighted by atomic mass is 19.3. The molecule has 0 aliphatic carbocycles. The Bertz CT molecular complexity index is 621. The predicted molar refractivity (Wildman–Crippen MR) is 64.2 cm³/mol. The van der Waals surface area contributed by atoms with Crippen LogP contribution >= 0.6 is 0 Å². The number of alkyl halides is 2. The largest absolute Gasteiger partial charge is 0.338 e. The molecule has 3 heterocycles. The number of nitrogens with zero attached hydrogens (tertiary/aromatic N) is 4. The molecule has 0 N–H and O–H groups in total. The van der Waals surface area contributed by atoms with Crippen LogP contribution in [0.4, 0.5) is 8.78 Å². The van der Waals surface area contributed by atoms with Crippen LogP contribution in [0.1, 0.15) is 23.2 Å². The Kier molecular flexibility index (Phi) is 2.58. The second kappa shape index (κ2) is 4.04. The van der Waals surface area contributed by atoms with E-state index >= 15 is 0 Å². The lowest BCUT2D eigenvalue weighted by Crippen LogP contribution is -2.42. The van der Waals surface area contributed by atoms with Crippen LogP contribution in [-0.4, -0.2) is 44.0 Å². The molecule has 1 aliphatic heterocycles. The summed E-state index contributed by atoms with van der Waals surface area (Å²) in [6.45, 7) is 0.182. The minimum atomic E-state index is -2.64. The first-order valence-corrected chi connectivity index (χ1v) is 6.14. The van der Waals surface area contributed by atoms with E-state index in [4.69, 9.17) is 0 Å². The predicted octanol–water partition coefficient (Wildman–Crippen LogP) is 1.54. The molecule has 19 heavy (non-hydrogen) atoms. The number of carbonyl (C=O) groups excluding carboxylic acids is 1. The van der Waals surface area contributed by atoms with Gasteiger partial charge in [-0.1, -0.05) is 0 Å². The third kappa shape index (κ3) is 1.98. The van der Waals surface area contributed by atoms with E-state index in [1.54, 1.807) is 21.5 Å². The number of fused-ring (bicyclic) bond motifs is 1. The molecule has 0 bridgehead atoms. The van der Waals surface area contributed by atoms with Crippen molar-refractivity contribution >= 4 is 11.6 Å². The number of piperidine rings is 1. The summed E-state index contributed by atoms with van der Waals surface area (Å²) in [6, 6.07) is 0. The molecule has 1 amide bonds. The summed E-state index contributed by atoms with van der Waals surface area (Å²) in [6.07, 6.45) is 4.50. The van der Waals surface area contributed by atoms with Crippen LogP contribution < -0.4 is 0 Å². The summed E-state index contributed by atoms with van der Waals surface area (Å²) in [5, 5.41) is 4.08. The third-order valence-corrected chi connectivity index (χ3v) is 3.55. The third-order valence-electron chi connectivity index (χ3n) is 3.55. The Labute approximate surface area is 108 Å². The van der Waals surface area contributed by atoms with E-state index in [0.717, 1.165) is 0 Å². The number of amides is 1. The number of aromatic nitrogens is 3. The van der Waals surface area contributed by atoms with Crippen molar-refractivity contribution in [1.29, 1.82) is 0 Å². The van der Waals surface area contributed by atoms with Crippen LogP contribution in [0.5, 0.6) is 0 Å². The van der Waals surface area contributed by atoms with Gasteiger partial charge >= 0.3 is 0 Å². The molecule has 0 aromatic carbocycles. The highest BCUT2D eigenvalue weighted by Crippen LogP contribution is 2.28. The minimum Gasteiger partial charge on any atom is -0.338 e. The maximum Gasteiger partial charge on any atom is 0.259 e. The summed E-state index contributed by atoms with van der Waals surface area (Å²) in [7, 11) is 1.82. The Morgan fingerprint density at radius 2 is 2.00 bits per heavy atom. The first-order chi connectivity index (χ1) is 8.98. The van der Waals surface area contributed by atoms with Crippen LogP contribution in [0.2, 0.25) is 0 Å². The maximum absolute atomic E-state index is 13.1. The van der Waals surface area contributed by atoms with E-state index in [1.807, 2.05) is 7.05 Å². The van der Waals surface area contributed by atoms with Gasteiger partial charge in [-0.3, -0.25) is 4.79 Å². The Morgan fingerprint density at radius 3 is 2.68 bits per heavy atom. The Hall–Kier alpha value is -1.92. The van der Waals surface area contributed by atoms with Gasteiger partial charge in [-0.05, 0) is 0 Å². The van der Waals surface area contributed by atoms with Gasteiger partial charge in [-0.2, -0.15) is 5.10 Å². The monoisotopic (exact) mass is 268 g/mol. The summed E-state index contributed by atoms with van der Waals surface area (Å²) in [5.74, 6) is -2.87. The van der Waals surface area contributed by atoms with E-state index in [1.165, 1.54) is 11.1 Å².